The largest absolute Gasteiger partial charge is 0.335 e. The minimum Gasteiger partial charge on any atom is -0.335 e. The molecule has 2 heterocycles. The molecule has 6 rings (SSSR count). The van der Waals surface area contributed by atoms with Crippen molar-refractivity contribution >= 4 is 34.1 Å². The van der Waals surface area contributed by atoms with Crippen LogP contribution in [0, 0.1) is 0 Å². The third-order valence-corrected chi connectivity index (χ3v) is 8.51. The van der Waals surface area contributed by atoms with Crippen LogP contribution in [-0.4, -0.2) is 14.1 Å². The van der Waals surface area contributed by atoms with Crippen LogP contribution in [0.1, 0.15) is 35.3 Å². The van der Waals surface area contributed by atoms with E-state index in [0.29, 0.717) is 10.0 Å². The summed E-state index contributed by atoms with van der Waals surface area (Å²) in [5.41, 5.74) is 5.72. The number of imidazole rings is 1. The lowest BCUT2D eigenvalue weighted by atomic mass is 9.78. The molecule has 2 aromatic heterocycles. The molecule has 7 heteroatoms. The number of nitrogens with one attached hydrogen (secondary N) is 1. The summed E-state index contributed by atoms with van der Waals surface area (Å²) in [6.07, 6.45) is 3.72. The average molecular weight is 594 g/mol. The molecule has 2 atom stereocenters. The van der Waals surface area contributed by atoms with Crippen molar-refractivity contribution in [2.24, 2.45) is 14.1 Å². The highest BCUT2D eigenvalue weighted by Crippen LogP contribution is 2.41. The van der Waals surface area contributed by atoms with Crippen LogP contribution in [-0.2, 0) is 19.6 Å². The Morgan fingerprint density at radius 1 is 0.810 bits per heavy atom. The van der Waals surface area contributed by atoms with Gasteiger partial charge in [-0.25, -0.2) is 4.98 Å². The SMILES string of the molecule is C[C@@H](N[C@](c1ccc(Cl)cc1)(c1ccc2c(c1)c(-c1cccc(Cl)c1)cc(=O)n2C)c1cncn1C)c1ccccc1. The van der Waals surface area contributed by atoms with E-state index >= 15 is 0 Å². The fraction of sp³-hybridized carbons (Fsp3) is 0.143. The Bertz CT molecular complexity index is 1950. The van der Waals surface area contributed by atoms with Crippen LogP contribution in [0.4, 0.5) is 0 Å². The number of hydrogen-bond donors (Lipinski definition) is 1. The van der Waals surface area contributed by atoms with Gasteiger partial charge in [0.05, 0.1) is 23.7 Å². The van der Waals surface area contributed by atoms with E-state index in [1.807, 2.05) is 72.7 Å². The first-order chi connectivity index (χ1) is 20.3. The molecule has 0 spiro atoms. The molecule has 210 valence electrons. The van der Waals surface area contributed by atoms with E-state index in [1.165, 1.54) is 0 Å². The van der Waals surface area contributed by atoms with Gasteiger partial charge in [-0.2, -0.15) is 0 Å². The predicted molar refractivity (Wildman–Crippen MR) is 172 cm³/mol. The van der Waals surface area contributed by atoms with Gasteiger partial charge in [0, 0.05) is 41.6 Å². The highest BCUT2D eigenvalue weighted by molar-refractivity contribution is 6.31. The maximum atomic E-state index is 13.1. The molecule has 0 aliphatic carbocycles. The zero-order valence-electron chi connectivity index (χ0n) is 23.6. The van der Waals surface area contributed by atoms with E-state index in [1.54, 1.807) is 17.7 Å². The van der Waals surface area contributed by atoms with Crippen molar-refractivity contribution < 1.29 is 0 Å². The number of hydrogen-bond acceptors (Lipinski definition) is 3. The first kappa shape index (κ1) is 28.0. The van der Waals surface area contributed by atoms with Crippen molar-refractivity contribution in [1.29, 1.82) is 0 Å². The summed E-state index contributed by atoms with van der Waals surface area (Å²) < 4.78 is 3.73. The van der Waals surface area contributed by atoms with E-state index in [2.05, 4.69) is 65.8 Å². The summed E-state index contributed by atoms with van der Waals surface area (Å²) in [6.45, 7) is 2.17. The number of fused-ring (bicyclic) bond motifs is 1. The number of pyridine rings is 1. The van der Waals surface area contributed by atoms with Crippen LogP contribution in [0.25, 0.3) is 22.0 Å². The highest BCUT2D eigenvalue weighted by atomic mass is 35.5. The van der Waals surface area contributed by atoms with Crippen molar-refractivity contribution in [2.45, 2.75) is 18.5 Å². The summed E-state index contributed by atoms with van der Waals surface area (Å²) in [4.78, 5) is 17.6. The Morgan fingerprint density at radius 2 is 1.55 bits per heavy atom. The van der Waals surface area contributed by atoms with Crippen molar-refractivity contribution in [3.63, 3.8) is 0 Å². The van der Waals surface area contributed by atoms with E-state index in [0.717, 1.165) is 44.4 Å². The van der Waals surface area contributed by atoms with E-state index < -0.39 is 5.54 Å². The Hall–Kier alpha value is -4.16. The van der Waals surface area contributed by atoms with Gasteiger partial charge in [-0.05, 0) is 71.1 Å². The average Bonchev–Trinajstić information content (AvgIpc) is 3.44. The van der Waals surface area contributed by atoms with Crippen LogP contribution in [0.15, 0.2) is 120 Å². The fourth-order valence-corrected chi connectivity index (χ4v) is 6.18. The monoisotopic (exact) mass is 592 g/mol. The lowest BCUT2D eigenvalue weighted by Gasteiger charge is -2.39. The van der Waals surface area contributed by atoms with E-state index in [4.69, 9.17) is 23.2 Å². The molecule has 6 aromatic rings. The lowest BCUT2D eigenvalue weighted by Crippen LogP contribution is -2.47. The van der Waals surface area contributed by atoms with Crippen LogP contribution in [0.3, 0.4) is 0 Å². The van der Waals surface area contributed by atoms with Crippen molar-refractivity contribution in [3.8, 4) is 11.1 Å². The second-order valence-corrected chi connectivity index (χ2v) is 11.5. The van der Waals surface area contributed by atoms with Crippen LogP contribution < -0.4 is 10.9 Å². The summed E-state index contributed by atoms with van der Waals surface area (Å²) in [7, 11) is 3.80. The Labute approximate surface area is 255 Å². The van der Waals surface area contributed by atoms with Gasteiger partial charge in [-0.1, -0.05) is 83.9 Å². The summed E-state index contributed by atoms with van der Waals surface area (Å²) in [6, 6.07) is 33.9. The maximum absolute atomic E-state index is 13.1. The zero-order valence-corrected chi connectivity index (χ0v) is 25.1. The lowest BCUT2D eigenvalue weighted by molar-refractivity contribution is 0.397. The summed E-state index contributed by atoms with van der Waals surface area (Å²) in [5, 5.41) is 6.21. The quantitative estimate of drug-likeness (QED) is 0.205. The minimum atomic E-state index is -0.834. The molecule has 0 aliphatic rings. The van der Waals surface area contributed by atoms with Gasteiger partial charge in [0.25, 0.3) is 5.56 Å². The molecule has 0 radical (unpaired) electrons. The molecule has 0 aliphatic heterocycles. The molecule has 0 unspecified atom stereocenters. The van der Waals surface area contributed by atoms with Crippen LogP contribution in [0.5, 0.6) is 0 Å². The van der Waals surface area contributed by atoms with Crippen molar-refractivity contribution in [1.82, 2.24) is 19.4 Å². The maximum Gasteiger partial charge on any atom is 0.251 e. The van der Waals surface area contributed by atoms with Crippen LogP contribution >= 0.6 is 23.2 Å². The molecule has 0 fully saturated rings. The smallest absolute Gasteiger partial charge is 0.251 e. The van der Waals surface area contributed by atoms with Crippen molar-refractivity contribution in [2.75, 3.05) is 0 Å². The highest BCUT2D eigenvalue weighted by Gasteiger charge is 2.40. The van der Waals surface area contributed by atoms with Crippen LogP contribution in [0.2, 0.25) is 10.0 Å². The molecule has 0 amide bonds. The Balaban J connectivity index is 1.69. The van der Waals surface area contributed by atoms with Crippen molar-refractivity contribution in [3.05, 3.63) is 158 Å². The van der Waals surface area contributed by atoms with Gasteiger partial charge < -0.3 is 9.13 Å². The predicted octanol–water partition coefficient (Wildman–Crippen LogP) is 7.89. The molecular formula is C35H30Cl2N4O. The van der Waals surface area contributed by atoms with E-state index in [-0.39, 0.29) is 11.6 Å². The topological polar surface area (TPSA) is 51.9 Å². The zero-order chi connectivity index (χ0) is 29.4. The third kappa shape index (κ3) is 4.94. The van der Waals surface area contributed by atoms with Gasteiger partial charge in [-0.15, -0.1) is 0 Å². The number of nitrogens with zero attached hydrogens (tertiary/aromatic N) is 3. The molecule has 0 bridgehead atoms. The molecule has 42 heavy (non-hydrogen) atoms. The first-order valence-electron chi connectivity index (χ1n) is 13.7. The molecular weight excluding hydrogens is 563 g/mol. The van der Waals surface area contributed by atoms with Gasteiger partial charge in [-0.3, -0.25) is 10.1 Å². The number of rotatable bonds is 7. The molecule has 1 N–H and O–H groups in total. The number of aryl methyl sites for hydroxylation is 2. The summed E-state index contributed by atoms with van der Waals surface area (Å²) in [5.74, 6) is 0. The van der Waals surface area contributed by atoms with Gasteiger partial charge >= 0.3 is 0 Å². The van der Waals surface area contributed by atoms with E-state index in [9.17, 15) is 4.79 Å². The summed E-state index contributed by atoms with van der Waals surface area (Å²) >= 11 is 12.8. The second-order valence-electron chi connectivity index (χ2n) is 10.6. The molecule has 0 saturated carbocycles. The molecule has 4 aromatic carbocycles. The second kappa shape index (κ2) is 11.3. The standard InChI is InChI=1S/C35H30Cl2N4O/c1-23(24-8-5-4-6-9-24)39-35(33-21-38-22-40(33)2,26-12-15-28(36)16-13-26)27-14-17-32-31(19-27)30(20-34(42)41(32)3)25-10-7-11-29(37)18-25/h4-23,39H,1-3H3/t23-,35-/m1/s1. The normalized spacial score (nSPS) is 13.6. The van der Waals surface area contributed by atoms with Gasteiger partial charge in [0.2, 0.25) is 0 Å². The Kier molecular flexibility index (Phi) is 7.50. The number of halogens is 2. The minimum absolute atomic E-state index is 0.0417. The van der Waals surface area contributed by atoms with Gasteiger partial charge in [0.15, 0.2) is 0 Å². The van der Waals surface area contributed by atoms with Gasteiger partial charge in [0.1, 0.15) is 5.54 Å². The number of aromatic nitrogens is 3. The fourth-order valence-electron chi connectivity index (χ4n) is 5.86. The Morgan fingerprint density at radius 3 is 2.24 bits per heavy atom. The third-order valence-electron chi connectivity index (χ3n) is 8.03. The molecule has 0 saturated heterocycles. The molecule has 5 nitrogen and oxygen atoms in total. The first-order valence-corrected chi connectivity index (χ1v) is 14.5. The number of benzene rings is 4.